The molecular weight excluding hydrogens is 315 g/mol. The van der Waals surface area contributed by atoms with E-state index in [9.17, 15) is 9.18 Å². The molecule has 3 rings (SSSR count). The number of anilines is 1. The van der Waals surface area contributed by atoms with Gasteiger partial charge in [0.25, 0.3) is 0 Å². The molecule has 2 amide bonds. The number of hydrogen-bond acceptors (Lipinski definition) is 1. The zero-order chi connectivity index (χ0) is 17.8. The van der Waals surface area contributed by atoms with E-state index in [0.29, 0.717) is 12.2 Å². The van der Waals surface area contributed by atoms with Crippen LogP contribution in [0.15, 0.2) is 48.0 Å². The first-order chi connectivity index (χ1) is 12.0. The number of nitrogens with one attached hydrogen (secondary N) is 2. The average molecular weight is 338 g/mol. The van der Waals surface area contributed by atoms with Gasteiger partial charge in [0.05, 0.1) is 0 Å². The van der Waals surface area contributed by atoms with Gasteiger partial charge in [0.15, 0.2) is 0 Å². The Hall–Kier alpha value is -2.62. The molecule has 2 aromatic carbocycles. The molecule has 130 valence electrons. The van der Waals surface area contributed by atoms with Crippen LogP contribution < -0.4 is 10.6 Å². The second-order valence-electron chi connectivity index (χ2n) is 6.69. The fourth-order valence-electron chi connectivity index (χ4n) is 3.03. The summed E-state index contributed by atoms with van der Waals surface area (Å²) in [6, 6.07) is 12.0. The van der Waals surface area contributed by atoms with Crippen molar-refractivity contribution in [3.63, 3.8) is 0 Å². The van der Waals surface area contributed by atoms with E-state index in [2.05, 4.69) is 48.8 Å². The highest BCUT2D eigenvalue weighted by Gasteiger charge is 2.12. The van der Waals surface area contributed by atoms with Gasteiger partial charge in [-0.2, -0.15) is 0 Å². The molecule has 0 aliphatic heterocycles. The number of hydrogen-bond donors (Lipinski definition) is 2. The summed E-state index contributed by atoms with van der Waals surface area (Å²) in [5.74, 6) is -0.103. The monoisotopic (exact) mass is 338 g/mol. The first-order valence-corrected chi connectivity index (χ1v) is 8.61. The van der Waals surface area contributed by atoms with Crippen LogP contribution in [-0.2, 0) is 6.42 Å². The van der Waals surface area contributed by atoms with Crippen molar-refractivity contribution >= 4 is 17.8 Å². The Kier molecular flexibility index (Phi) is 5.17. The summed E-state index contributed by atoms with van der Waals surface area (Å²) >= 11 is 0. The second kappa shape index (κ2) is 7.51. The van der Waals surface area contributed by atoms with E-state index in [1.54, 1.807) is 0 Å². The molecule has 1 unspecified atom stereocenters. The van der Waals surface area contributed by atoms with Gasteiger partial charge < -0.3 is 10.6 Å². The van der Waals surface area contributed by atoms with Gasteiger partial charge in [0, 0.05) is 12.2 Å². The third-order valence-corrected chi connectivity index (χ3v) is 4.60. The van der Waals surface area contributed by atoms with Gasteiger partial charge in [-0.3, -0.25) is 0 Å². The summed E-state index contributed by atoms with van der Waals surface area (Å²) in [5.41, 5.74) is 5.91. The van der Waals surface area contributed by atoms with Gasteiger partial charge in [-0.05, 0) is 66.6 Å². The normalized spacial score (nSPS) is 14.3. The molecule has 1 atom stereocenters. The lowest BCUT2D eigenvalue weighted by atomic mass is 9.89. The fourth-order valence-corrected chi connectivity index (χ4v) is 3.03. The number of halogens is 1. The molecule has 25 heavy (non-hydrogen) atoms. The lowest BCUT2D eigenvalue weighted by Gasteiger charge is -2.18. The molecule has 1 aliphatic rings. The topological polar surface area (TPSA) is 41.1 Å². The number of urea groups is 1. The first-order valence-electron chi connectivity index (χ1n) is 8.61. The number of fused-ring (bicyclic) bond motifs is 1. The van der Waals surface area contributed by atoms with Gasteiger partial charge in [-0.25, -0.2) is 9.18 Å². The van der Waals surface area contributed by atoms with Crippen molar-refractivity contribution < 1.29 is 9.18 Å². The zero-order valence-electron chi connectivity index (χ0n) is 14.6. The molecule has 0 radical (unpaired) electrons. The summed E-state index contributed by atoms with van der Waals surface area (Å²) in [4.78, 5) is 12.0. The molecule has 3 nitrogen and oxygen atoms in total. The summed E-state index contributed by atoms with van der Waals surface area (Å²) in [7, 11) is 0. The highest BCUT2D eigenvalue weighted by atomic mass is 19.1. The Morgan fingerprint density at radius 3 is 2.68 bits per heavy atom. The lowest BCUT2D eigenvalue weighted by molar-refractivity contribution is 0.251. The van der Waals surface area contributed by atoms with Crippen LogP contribution >= 0.6 is 0 Å². The predicted octanol–water partition coefficient (Wildman–Crippen LogP) is 5.10. The summed E-state index contributed by atoms with van der Waals surface area (Å²) in [6.45, 7) is 4.81. The number of amides is 2. The molecule has 0 saturated heterocycles. The molecule has 0 spiro atoms. The van der Waals surface area contributed by atoms with Crippen molar-refractivity contribution in [3.8, 4) is 0 Å². The van der Waals surface area contributed by atoms with Crippen LogP contribution in [0.1, 0.15) is 42.9 Å². The van der Waals surface area contributed by atoms with Crippen molar-refractivity contribution in [2.24, 2.45) is 0 Å². The van der Waals surface area contributed by atoms with Gasteiger partial charge in [-0.15, -0.1) is 0 Å². The lowest BCUT2D eigenvalue weighted by Crippen LogP contribution is -2.31. The largest absolute Gasteiger partial charge is 0.337 e. The van der Waals surface area contributed by atoms with Gasteiger partial charge in [-0.1, -0.05) is 36.8 Å². The molecule has 2 aromatic rings. The molecule has 4 heteroatoms. The van der Waals surface area contributed by atoms with E-state index in [1.807, 2.05) is 0 Å². The Labute approximate surface area is 148 Å². The molecule has 0 heterocycles. The molecule has 0 bridgehead atoms. The van der Waals surface area contributed by atoms with Crippen LogP contribution in [0.3, 0.4) is 0 Å². The van der Waals surface area contributed by atoms with Crippen molar-refractivity contribution in [1.82, 2.24) is 5.32 Å². The number of carbonyl (C=O) groups is 1. The molecule has 0 aromatic heterocycles. The smallest absolute Gasteiger partial charge is 0.319 e. The van der Waals surface area contributed by atoms with Crippen molar-refractivity contribution in [2.75, 3.05) is 11.9 Å². The van der Waals surface area contributed by atoms with Crippen molar-refractivity contribution in [1.29, 1.82) is 0 Å². The van der Waals surface area contributed by atoms with E-state index in [0.717, 1.165) is 12.8 Å². The van der Waals surface area contributed by atoms with Crippen molar-refractivity contribution in [2.45, 2.75) is 32.6 Å². The first kappa shape index (κ1) is 17.2. The second-order valence-corrected chi connectivity index (χ2v) is 6.69. The zero-order valence-corrected chi connectivity index (χ0v) is 14.6. The van der Waals surface area contributed by atoms with E-state index >= 15 is 0 Å². The minimum absolute atomic E-state index is 0.219. The molecule has 0 fully saturated rings. The predicted molar refractivity (Wildman–Crippen MR) is 100 cm³/mol. The Bertz CT molecular complexity index is 796. The minimum Gasteiger partial charge on any atom is -0.337 e. The highest BCUT2D eigenvalue weighted by Crippen LogP contribution is 2.27. The Morgan fingerprint density at radius 1 is 1.16 bits per heavy atom. The van der Waals surface area contributed by atoms with Crippen LogP contribution in [0.25, 0.3) is 6.08 Å². The Balaban J connectivity index is 1.56. The third kappa shape index (κ3) is 4.47. The minimum atomic E-state index is -0.322. The number of carbonyl (C=O) groups excluding carboxylic acids is 1. The van der Waals surface area contributed by atoms with E-state index < -0.39 is 0 Å². The summed E-state index contributed by atoms with van der Waals surface area (Å²) < 4.78 is 12.9. The number of rotatable bonds is 4. The maximum Gasteiger partial charge on any atom is 0.319 e. The number of aryl methyl sites for hydroxylation is 1. The quantitative estimate of drug-likeness (QED) is 0.800. The summed E-state index contributed by atoms with van der Waals surface area (Å²) in [6.07, 6.45) is 4.45. The molecule has 0 saturated carbocycles. The van der Waals surface area contributed by atoms with E-state index in [1.165, 1.54) is 46.5 Å². The number of benzene rings is 2. The molecule has 1 aliphatic carbocycles. The van der Waals surface area contributed by atoms with Crippen molar-refractivity contribution in [3.05, 3.63) is 70.5 Å². The average Bonchev–Trinajstić information content (AvgIpc) is 2.61. The van der Waals surface area contributed by atoms with Crippen LogP contribution in [0, 0.1) is 5.82 Å². The maximum atomic E-state index is 12.9. The highest BCUT2D eigenvalue weighted by molar-refractivity contribution is 5.89. The molecule has 2 N–H and O–H groups in total. The van der Waals surface area contributed by atoms with E-state index in [-0.39, 0.29) is 17.8 Å². The van der Waals surface area contributed by atoms with E-state index in [4.69, 9.17) is 0 Å². The SMILES string of the molecule is CC1=Cc2ccc(C(C)CNC(=O)Nc3ccc(F)cc3)cc2CC1. The molecular formula is C21H23FN2O. The maximum absolute atomic E-state index is 12.9. The number of allylic oxidation sites excluding steroid dienone is 1. The summed E-state index contributed by atoms with van der Waals surface area (Å²) in [5, 5.41) is 5.58. The fraction of sp³-hybridized carbons (Fsp3) is 0.286. The van der Waals surface area contributed by atoms with Gasteiger partial charge >= 0.3 is 6.03 Å². The van der Waals surface area contributed by atoms with Crippen LogP contribution in [0.4, 0.5) is 14.9 Å². The van der Waals surface area contributed by atoms with Gasteiger partial charge in [0.1, 0.15) is 5.82 Å². The third-order valence-electron chi connectivity index (χ3n) is 4.60. The Morgan fingerprint density at radius 2 is 1.92 bits per heavy atom. The van der Waals surface area contributed by atoms with Crippen LogP contribution in [0.2, 0.25) is 0 Å². The van der Waals surface area contributed by atoms with Gasteiger partial charge in [0.2, 0.25) is 0 Å². The standard InChI is InChI=1S/C21H23FN2O/c1-14-3-4-18-12-16(5-6-17(18)11-14)15(2)13-23-21(25)24-20-9-7-19(22)8-10-20/h5-12,15H,3-4,13H2,1-2H3,(H2,23,24,25). The van der Waals surface area contributed by atoms with Crippen LogP contribution in [-0.4, -0.2) is 12.6 Å². The van der Waals surface area contributed by atoms with Crippen LogP contribution in [0.5, 0.6) is 0 Å².